The zero-order valence-corrected chi connectivity index (χ0v) is 16.8. The number of hydrogen-bond acceptors (Lipinski definition) is 3. The highest BCUT2D eigenvalue weighted by Crippen LogP contribution is 2.21. The summed E-state index contributed by atoms with van der Waals surface area (Å²) in [5.74, 6) is 0.155. The summed E-state index contributed by atoms with van der Waals surface area (Å²) >= 11 is 6.04. The van der Waals surface area contributed by atoms with Crippen molar-refractivity contribution in [1.29, 1.82) is 0 Å². The van der Waals surface area contributed by atoms with Crippen LogP contribution >= 0.6 is 11.6 Å². The molecule has 144 valence electrons. The van der Waals surface area contributed by atoms with Crippen LogP contribution in [0.4, 0.5) is 0 Å². The standard InChI is InChI=1S/C21H25ClN2O3/c1-14-7-5-10-19(15(14)2)27-13-20(25)24(16(3)21(26)23-4)12-17-8-6-9-18(22)11-17/h5-11,16H,12-13H2,1-4H3,(H,23,26)/t16-/m1/s1. The Labute approximate surface area is 165 Å². The summed E-state index contributed by atoms with van der Waals surface area (Å²) in [6.45, 7) is 5.75. The van der Waals surface area contributed by atoms with Crippen LogP contribution in [0.25, 0.3) is 0 Å². The van der Waals surface area contributed by atoms with E-state index in [0.717, 1.165) is 16.7 Å². The first kappa shape index (κ1) is 20.8. The Morgan fingerprint density at radius 3 is 2.56 bits per heavy atom. The summed E-state index contributed by atoms with van der Waals surface area (Å²) in [6.07, 6.45) is 0. The van der Waals surface area contributed by atoms with Crippen molar-refractivity contribution in [3.05, 3.63) is 64.2 Å². The van der Waals surface area contributed by atoms with Crippen molar-refractivity contribution < 1.29 is 14.3 Å². The number of benzene rings is 2. The second-order valence-corrected chi connectivity index (χ2v) is 6.86. The van der Waals surface area contributed by atoms with Gasteiger partial charge in [-0.05, 0) is 55.7 Å². The monoisotopic (exact) mass is 388 g/mol. The fourth-order valence-corrected chi connectivity index (χ4v) is 2.94. The summed E-state index contributed by atoms with van der Waals surface area (Å²) < 4.78 is 5.74. The van der Waals surface area contributed by atoms with Crippen molar-refractivity contribution in [2.75, 3.05) is 13.7 Å². The van der Waals surface area contributed by atoms with Gasteiger partial charge in [0.25, 0.3) is 5.91 Å². The van der Waals surface area contributed by atoms with Gasteiger partial charge in [0.05, 0.1) is 0 Å². The molecular weight excluding hydrogens is 364 g/mol. The molecule has 2 aromatic rings. The number of ether oxygens (including phenoxy) is 1. The number of rotatable bonds is 7. The molecule has 2 rings (SSSR count). The van der Waals surface area contributed by atoms with Crippen LogP contribution in [0.3, 0.4) is 0 Å². The minimum Gasteiger partial charge on any atom is -0.483 e. The van der Waals surface area contributed by atoms with Gasteiger partial charge in [0.1, 0.15) is 11.8 Å². The lowest BCUT2D eigenvalue weighted by atomic mass is 10.1. The van der Waals surface area contributed by atoms with Gasteiger partial charge >= 0.3 is 0 Å². The van der Waals surface area contributed by atoms with E-state index >= 15 is 0 Å². The van der Waals surface area contributed by atoms with Crippen LogP contribution in [0.15, 0.2) is 42.5 Å². The maximum Gasteiger partial charge on any atom is 0.261 e. The first-order valence-electron chi connectivity index (χ1n) is 8.78. The molecular formula is C21H25ClN2O3. The van der Waals surface area contributed by atoms with Gasteiger partial charge in [-0.3, -0.25) is 9.59 Å². The molecule has 0 unspecified atom stereocenters. The van der Waals surface area contributed by atoms with Gasteiger partial charge < -0.3 is 15.0 Å². The first-order valence-corrected chi connectivity index (χ1v) is 9.15. The normalized spacial score (nSPS) is 11.6. The third-order valence-corrected chi connectivity index (χ3v) is 4.80. The fourth-order valence-electron chi connectivity index (χ4n) is 2.73. The molecule has 2 amide bonds. The second-order valence-electron chi connectivity index (χ2n) is 6.43. The molecule has 5 nitrogen and oxygen atoms in total. The van der Waals surface area contributed by atoms with E-state index in [2.05, 4.69) is 5.32 Å². The molecule has 6 heteroatoms. The van der Waals surface area contributed by atoms with E-state index in [1.807, 2.05) is 44.2 Å². The molecule has 0 saturated carbocycles. The van der Waals surface area contributed by atoms with E-state index in [4.69, 9.17) is 16.3 Å². The van der Waals surface area contributed by atoms with Crippen molar-refractivity contribution in [3.63, 3.8) is 0 Å². The maximum absolute atomic E-state index is 12.9. The van der Waals surface area contributed by atoms with Gasteiger partial charge in [-0.1, -0.05) is 35.9 Å². The Morgan fingerprint density at radius 2 is 1.89 bits per heavy atom. The van der Waals surface area contributed by atoms with Crippen molar-refractivity contribution in [3.8, 4) is 5.75 Å². The summed E-state index contributed by atoms with van der Waals surface area (Å²) in [5, 5.41) is 3.17. The molecule has 0 aliphatic rings. The number of carbonyl (C=O) groups excluding carboxylic acids is 2. The number of amides is 2. The molecule has 0 heterocycles. The van der Waals surface area contributed by atoms with Crippen LogP contribution in [-0.2, 0) is 16.1 Å². The largest absolute Gasteiger partial charge is 0.483 e. The molecule has 1 atom stereocenters. The lowest BCUT2D eigenvalue weighted by molar-refractivity contribution is -0.142. The second kappa shape index (κ2) is 9.42. The third kappa shape index (κ3) is 5.47. The van der Waals surface area contributed by atoms with Gasteiger partial charge in [0, 0.05) is 18.6 Å². The number of hydrogen-bond donors (Lipinski definition) is 1. The van der Waals surface area contributed by atoms with E-state index < -0.39 is 6.04 Å². The molecule has 0 fully saturated rings. The Kier molecular flexibility index (Phi) is 7.25. The highest BCUT2D eigenvalue weighted by atomic mass is 35.5. The number of halogens is 1. The van der Waals surface area contributed by atoms with Gasteiger partial charge in [0.2, 0.25) is 5.91 Å². The van der Waals surface area contributed by atoms with Gasteiger partial charge in [0.15, 0.2) is 6.61 Å². The average molecular weight is 389 g/mol. The number of likely N-dealkylation sites (N-methyl/N-ethyl adjacent to an activating group) is 1. The Bertz CT molecular complexity index is 823. The van der Waals surface area contributed by atoms with Crippen molar-refractivity contribution >= 4 is 23.4 Å². The van der Waals surface area contributed by atoms with Crippen molar-refractivity contribution in [2.45, 2.75) is 33.4 Å². The molecule has 0 bridgehead atoms. The highest BCUT2D eigenvalue weighted by Gasteiger charge is 2.26. The van der Waals surface area contributed by atoms with E-state index in [0.29, 0.717) is 10.8 Å². The van der Waals surface area contributed by atoms with Crippen LogP contribution in [0.5, 0.6) is 5.75 Å². The molecule has 0 spiro atoms. The quantitative estimate of drug-likeness (QED) is 0.789. The highest BCUT2D eigenvalue weighted by molar-refractivity contribution is 6.30. The van der Waals surface area contributed by atoms with Crippen LogP contribution in [0.2, 0.25) is 5.02 Å². The van der Waals surface area contributed by atoms with Crippen LogP contribution in [0.1, 0.15) is 23.6 Å². The number of carbonyl (C=O) groups is 2. The van der Waals surface area contributed by atoms with Crippen LogP contribution in [-0.4, -0.2) is 36.4 Å². The van der Waals surface area contributed by atoms with E-state index in [9.17, 15) is 9.59 Å². The van der Waals surface area contributed by atoms with E-state index in [1.54, 1.807) is 26.1 Å². The van der Waals surface area contributed by atoms with E-state index in [-0.39, 0.29) is 25.0 Å². The Balaban J connectivity index is 2.17. The number of nitrogens with one attached hydrogen (secondary N) is 1. The predicted octanol–water partition coefficient (Wildman–Crippen LogP) is 3.50. The molecule has 0 saturated heterocycles. The smallest absolute Gasteiger partial charge is 0.261 e. The average Bonchev–Trinajstić information content (AvgIpc) is 2.66. The predicted molar refractivity (Wildman–Crippen MR) is 107 cm³/mol. The lowest BCUT2D eigenvalue weighted by Gasteiger charge is -2.28. The molecule has 0 radical (unpaired) electrons. The number of nitrogens with zero attached hydrogens (tertiary/aromatic N) is 1. The summed E-state index contributed by atoms with van der Waals surface area (Å²) in [7, 11) is 1.55. The SMILES string of the molecule is CNC(=O)[C@@H](C)N(Cc1cccc(Cl)c1)C(=O)COc1cccc(C)c1C. The number of aryl methyl sites for hydroxylation is 1. The molecule has 1 N–H and O–H groups in total. The zero-order chi connectivity index (χ0) is 20.0. The maximum atomic E-state index is 12.9. The van der Waals surface area contributed by atoms with Crippen LogP contribution in [0, 0.1) is 13.8 Å². The van der Waals surface area contributed by atoms with E-state index in [1.165, 1.54) is 4.90 Å². The van der Waals surface area contributed by atoms with Gasteiger partial charge in [-0.25, -0.2) is 0 Å². The van der Waals surface area contributed by atoms with Crippen molar-refractivity contribution in [1.82, 2.24) is 10.2 Å². The molecule has 0 aliphatic carbocycles. The third-order valence-electron chi connectivity index (χ3n) is 4.56. The fraction of sp³-hybridized carbons (Fsp3) is 0.333. The molecule has 2 aromatic carbocycles. The van der Waals surface area contributed by atoms with Gasteiger partial charge in [-0.2, -0.15) is 0 Å². The molecule has 0 aliphatic heterocycles. The molecule has 27 heavy (non-hydrogen) atoms. The Morgan fingerprint density at radius 1 is 1.19 bits per heavy atom. The summed E-state index contributed by atoms with van der Waals surface area (Å²) in [6, 6.07) is 12.3. The van der Waals surface area contributed by atoms with Crippen LogP contribution < -0.4 is 10.1 Å². The zero-order valence-electron chi connectivity index (χ0n) is 16.1. The summed E-state index contributed by atoms with van der Waals surface area (Å²) in [4.78, 5) is 26.5. The summed E-state index contributed by atoms with van der Waals surface area (Å²) in [5.41, 5.74) is 2.93. The minimum absolute atomic E-state index is 0.147. The Hall–Kier alpha value is -2.53. The first-order chi connectivity index (χ1) is 12.8. The molecule has 0 aromatic heterocycles. The topological polar surface area (TPSA) is 58.6 Å². The minimum atomic E-state index is -0.635. The van der Waals surface area contributed by atoms with Crippen molar-refractivity contribution in [2.24, 2.45) is 0 Å². The lowest BCUT2D eigenvalue weighted by Crippen LogP contribution is -2.48. The van der Waals surface area contributed by atoms with Gasteiger partial charge in [-0.15, -0.1) is 0 Å².